The van der Waals surface area contributed by atoms with Crippen LogP contribution in [-0.2, 0) is 4.79 Å². The van der Waals surface area contributed by atoms with Crippen LogP contribution in [-0.4, -0.2) is 27.4 Å². The Morgan fingerprint density at radius 2 is 2.00 bits per heavy atom. The Hall–Kier alpha value is -4.27. The second kappa shape index (κ2) is 7.77. The summed E-state index contributed by atoms with van der Waals surface area (Å²) in [6, 6.07) is 14.2. The summed E-state index contributed by atoms with van der Waals surface area (Å²) in [5.41, 5.74) is 2.43. The number of nitro groups is 1. The highest BCUT2D eigenvalue weighted by molar-refractivity contribution is 5.94. The molecular formula is C20H14N4O5. The molecule has 2 heterocycles. The van der Waals surface area contributed by atoms with Crippen molar-refractivity contribution in [2.24, 2.45) is 0 Å². The number of pyridine rings is 1. The van der Waals surface area contributed by atoms with Crippen LogP contribution >= 0.6 is 0 Å². The number of amides is 1. The second-order valence-electron chi connectivity index (χ2n) is 6.03. The minimum absolute atomic E-state index is 0.0478. The molecule has 0 saturated carbocycles. The van der Waals surface area contributed by atoms with E-state index in [1.165, 1.54) is 24.3 Å². The second-order valence-corrected chi connectivity index (χ2v) is 6.03. The van der Waals surface area contributed by atoms with E-state index < -0.39 is 4.92 Å². The zero-order valence-electron chi connectivity index (χ0n) is 14.9. The molecule has 144 valence electrons. The molecule has 2 aromatic heterocycles. The zero-order valence-corrected chi connectivity index (χ0v) is 14.9. The predicted octanol–water partition coefficient (Wildman–Crippen LogP) is 3.82. The molecule has 1 N–H and O–H groups in total. The van der Waals surface area contributed by atoms with Gasteiger partial charge in [-0.1, -0.05) is 0 Å². The van der Waals surface area contributed by atoms with Gasteiger partial charge in [0.15, 0.2) is 12.2 Å². The SMILES string of the molecule is O=C(COc1ccc([N+](=O)[O-])cc1)Nc1ccc2oc(-c3cccnc3)nc2c1. The van der Waals surface area contributed by atoms with Crippen molar-refractivity contribution in [3.05, 3.63) is 77.1 Å². The average molecular weight is 390 g/mol. The lowest BCUT2D eigenvalue weighted by Gasteiger charge is -2.07. The molecule has 0 bridgehead atoms. The molecule has 9 nitrogen and oxygen atoms in total. The van der Waals surface area contributed by atoms with Gasteiger partial charge in [-0.05, 0) is 42.5 Å². The minimum Gasteiger partial charge on any atom is -0.484 e. The standard InChI is InChI=1S/C20H14N4O5/c25-19(12-28-16-6-4-15(5-7-16)24(26)27)22-14-3-8-18-17(10-14)23-20(29-18)13-2-1-9-21-11-13/h1-11H,12H2,(H,22,25). The zero-order chi connectivity index (χ0) is 20.2. The van der Waals surface area contributed by atoms with Crippen molar-refractivity contribution in [2.75, 3.05) is 11.9 Å². The first-order chi connectivity index (χ1) is 14.1. The first-order valence-corrected chi connectivity index (χ1v) is 8.56. The number of nitrogens with one attached hydrogen (secondary N) is 1. The fourth-order valence-corrected chi connectivity index (χ4v) is 2.63. The summed E-state index contributed by atoms with van der Waals surface area (Å²) in [4.78, 5) is 30.7. The van der Waals surface area contributed by atoms with Crippen LogP contribution in [0.15, 0.2) is 71.4 Å². The molecule has 29 heavy (non-hydrogen) atoms. The van der Waals surface area contributed by atoms with Gasteiger partial charge in [0.25, 0.3) is 11.6 Å². The van der Waals surface area contributed by atoms with Crippen molar-refractivity contribution in [1.29, 1.82) is 0 Å². The van der Waals surface area contributed by atoms with E-state index in [9.17, 15) is 14.9 Å². The Balaban J connectivity index is 1.40. The third-order valence-corrected chi connectivity index (χ3v) is 4.00. The Morgan fingerprint density at radius 3 is 2.72 bits per heavy atom. The number of oxazole rings is 1. The van der Waals surface area contributed by atoms with E-state index in [0.29, 0.717) is 28.4 Å². The van der Waals surface area contributed by atoms with Crippen molar-refractivity contribution in [2.45, 2.75) is 0 Å². The Kier molecular flexibility index (Phi) is 4.85. The summed E-state index contributed by atoms with van der Waals surface area (Å²) in [5.74, 6) is 0.426. The number of hydrogen-bond donors (Lipinski definition) is 1. The third-order valence-electron chi connectivity index (χ3n) is 4.00. The Labute approximate surface area is 164 Å². The van der Waals surface area contributed by atoms with E-state index in [-0.39, 0.29) is 18.2 Å². The number of benzene rings is 2. The third kappa shape index (κ3) is 4.19. The summed E-state index contributed by atoms with van der Waals surface area (Å²) in [6.07, 6.45) is 3.32. The van der Waals surface area contributed by atoms with Crippen molar-refractivity contribution < 1.29 is 18.9 Å². The monoisotopic (exact) mass is 390 g/mol. The number of nitro benzene ring substituents is 1. The van der Waals surface area contributed by atoms with Crippen molar-refractivity contribution in [3.8, 4) is 17.2 Å². The lowest BCUT2D eigenvalue weighted by molar-refractivity contribution is -0.384. The molecule has 0 atom stereocenters. The van der Waals surface area contributed by atoms with Gasteiger partial charge in [-0.3, -0.25) is 19.9 Å². The summed E-state index contributed by atoms with van der Waals surface area (Å²) >= 11 is 0. The number of aromatic nitrogens is 2. The van der Waals surface area contributed by atoms with Crippen LogP contribution in [0.25, 0.3) is 22.6 Å². The van der Waals surface area contributed by atoms with Gasteiger partial charge in [0.2, 0.25) is 5.89 Å². The van der Waals surface area contributed by atoms with Crippen molar-refractivity contribution in [1.82, 2.24) is 9.97 Å². The molecule has 0 radical (unpaired) electrons. The maximum atomic E-state index is 12.1. The van der Waals surface area contributed by atoms with E-state index in [0.717, 1.165) is 5.56 Å². The maximum Gasteiger partial charge on any atom is 0.269 e. The van der Waals surface area contributed by atoms with E-state index in [1.807, 2.05) is 6.07 Å². The molecule has 0 saturated heterocycles. The van der Waals surface area contributed by atoms with Crippen LogP contribution in [0.5, 0.6) is 5.75 Å². The normalized spacial score (nSPS) is 10.6. The Morgan fingerprint density at radius 1 is 1.17 bits per heavy atom. The largest absolute Gasteiger partial charge is 0.484 e. The number of fused-ring (bicyclic) bond motifs is 1. The van der Waals surface area contributed by atoms with Gasteiger partial charge in [-0.2, -0.15) is 0 Å². The molecule has 4 rings (SSSR count). The van der Waals surface area contributed by atoms with E-state index in [2.05, 4.69) is 15.3 Å². The molecule has 1 amide bonds. The van der Waals surface area contributed by atoms with E-state index >= 15 is 0 Å². The van der Waals surface area contributed by atoms with Gasteiger partial charge >= 0.3 is 0 Å². The van der Waals surface area contributed by atoms with Gasteiger partial charge in [0, 0.05) is 30.2 Å². The molecule has 0 aliphatic heterocycles. The molecule has 0 aliphatic carbocycles. The van der Waals surface area contributed by atoms with Gasteiger partial charge in [0.1, 0.15) is 11.3 Å². The van der Waals surface area contributed by atoms with Gasteiger partial charge < -0.3 is 14.5 Å². The molecule has 0 unspecified atom stereocenters. The van der Waals surface area contributed by atoms with Crippen LogP contribution in [0, 0.1) is 10.1 Å². The number of anilines is 1. The number of rotatable bonds is 6. The summed E-state index contributed by atoms with van der Waals surface area (Å²) in [5, 5.41) is 13.4. The number of carbonyl (C=O) groups excluding carboxylic acids is 1. The smallest absolute Gasteiger partial charge is 0.269 e. The highest BCUT2D eigenvalue weighted by Crippen LogP contribution is 2.25. The van der Waals surface area contributed by atoms with Crippen LogP contribution in [0.3, 0.4) is 0 Å². The number of nitrogens with zero attached hydrogens (tertiary/aromatic N) is 3. The molecule has 2 aromatic carbocycles. The van der Waals surface area contributed by atoms with E-state index in [1.54, 1.807) is 36.7 Å². The number of non-ortho nitro benzene ring substituents is 1. The lowest BCUT2D eigenvalue weighted by atomic mass is 10.3. The predicted molar refractivity (Wildman–Crippen MR) is 104 cm³/mol. The molecular weight excluding hydrogens is 376 g/mol. The molecule has 0 fully saturated rings. The van der Waals surface area contributed by atoms with Crippen LogP contribution in [0.2, 0.25) is 0 Å². The number of hydrogen-bond acceptors (Lipinski definition) is 7. The summed E-state index contributed by atoms with van der Waals surface area (Å²) in [7, 11) is 0. The van der Waals surface area contributed by atoms with Crippen LogP contribution in [0.1, 0.15) is 0 Å². The average Bonchev–Trinajstić information content (AvgIpc) is 3.17. The van der Waals surface area contributed by atoms with E-state index in [4.69, 9.17) is 9.15 Å². The molecule has 0 spiro atoms. The number of ether oxygens (including phenoxy) is 1. The lowest BCUT2D eigenvalue weighted by Crippen LogP contribution is -2.20. The van der Waals surface area contributed by atoms with Gasteiger partial charge in [-0.15, -0.1) is 0 Å². The highest BCUT2D eigenvalue weighted by Gasteiger charge is 2.11. The first-order valence-electron chi connectivity index (χ1n) is 8.56. The topological polar surface area (TPSA) is 120 Å². The molecule has 4 aromatic rings. The molecule has 9 heteroatoms. The highest BCUT2D eigenvalue weighted by atomic mass is 16.6. The Bertz CT molecular complexity index is 1170. The summed E-state index contributed by atoms with van der Waals surface area (Å²) in [6.45, 7) is -0.240. The van der Waals surface area contributed by atoms with Gasteiger partial charge in [-0.25, -0.2) is 4.98 Å². The number of carbonyl (C=O) groups is 1. The van der Waals surface area contributed by atoms with Gasteiger partial charge in [0.05, 0.1) is 10.5 Å². The summed E-state index contributed by atoms with van der Waals surface area (Å²) < 4.78 is 11.1. The van der Waals surface area contributed by atoms with Crippen LogP contribution < -0.4 is 10.1 Å². The van der Waals surface area contributed by atoms with Crippen molar-refractivity contribution in [3.63, 3.8) is 0 Å². The van der Waals surface area contributed by atoms with Crippen molar-refractivity contribution >= 4 is 28.4 Å². The fraction of sp³-hybridized carbons (Fsp3) is 0.0500. The minimum atomic E-state index is -0.504. The van der Waals surface area contributed by atoms with Crippen LogP contribution in [0.4, 0.5) is 11.4 Å². The quantitative estimate of drug-likeness (QED) is 0.392. The first kappa shape index (κ1) is 18.1. The maximum absolute atomic E-state index is 12.1. The molecule has 0 aliphatic rings. The fourth-order valence-electron chi connectivity index (χ4n) is 2.63.